The van der Waals surface area contributed by atoms with Crippen molar-refractivity contribution in [3.05, 3.63) is 59.7 Å². The van der Waals surface area contributed by atoms with Crippen molar-refractivity contribution < 1.29 is 4.39 Å². The third kappa shape index (κ3) is 3.51. The summed E-state index contributed by atoms with van der Waals surface area (Å²) in [7, 11) is 0. The van der Waals surface area contributed by atoms with E-state index >= 15 is 0 Å². The lowest BCUT2D eigenvalue weighted by Crippen LogP contribution is -2.22. The number of H-pyrrole nitrogens is 1. The highest BCUT2D eigenvalue weighted by atomic mass is 19.1. The van der Waals surface area contributed by atoms with Crippen LogP contribution in [0, 0.1) is 17.7 Å². The lowest BCUT2D eigenvalue weighted by Gasteiger charge is -2.24. The summed E-state index contributed by atoms with van der Waals surface area (Å²) in [5.41, 5.74) is 3.58. The first kappa shape index (κ1) is 15.7. The van der Waals surface area contributed by atoms with Gasteiger partial charge in [0, 0.05) is 29.4 Å². The van der Waals surface area contributed by atoms with E-state index in [1.807, 2.05) is 12.3 Å². The lowest BCUT2D eigenvalue weighted by atomic mass is 9.95. The summed E-state index contributed by atoms with van der Waals surface area (Å²) < 4.78 is 13.0. The van der Waals surface area contributed by atoms with Gasteiger partial charge < -0.3 is 10.3 Å². The molecule has 3 aromatic rings. The molecule has 0 bridgehead atoms. The van der Waals surface area contributed by atoms with Gasteiger partial charge in [0.2, 0.25) is 0 Å². The number of hydrogen-bond acceptors (Lipinski definition) is 2. The number of anilines is 1. The number of nitrogens with zero attached hydrogens (tertiary/aromatic N) is 1. The number of benzene rings is 1. The number of fused-ring (bicyclic) bond motifs is 1. The van der Waals surface area contributed by atoms with Gasteiger partial charge in [0.05, 0.1) is 11.3 Å². The zero-order valence-electron chi connectivity index (χ0n) is 14.0. The first-order valence-corrected chi connectivity index (χ1v) is 8.80. The van der Waals surface area contributed by atoms with Crippen LogP contribution in [0.5, 0.6) is 0 Å². The Morgan fingerprint density at radius 2 is 1.84 bits per heavy atom. The smallest absolute Gasteiger partial charge is 0.139 e. The second-order valence-electron chi connectivity index (χ2n) is 6.52. The number of aromatic nitrogens is 2. The maximum absolute atomic E-state index is 13.0. The fourth-order valence-electron chi connectivity index (χ4n) is 3.38. The summed E-state index contributed by atoms with van der Waals surface area (Å²) >= 11 is 0. The molecular weight excluding hydrogens is 313 g/mol. The largest absolute Gasteiger partial charge is 0.381 e. The SMILES string of the molecule is Fc1ccc(C#Cc2cnc3[nH]ccc3c2NC2CCCCC2)cc1. The van der Waals surface area contributed by atoms with Gasteiger partial charge in [-0.15, -0.1) is 0 Å². The van der Waals surface area contributed by atoms with Crippen LogP contribution in [0.1, 0.15) is 43.2 Å². The third-order valence-electron chi connectivity index (χ3n) is 4.73. The first-order chi connectivity index (χ1) is 12.3. The number of hydrogen-bond donors (Lipinski definition) is 2. The van der Waals surface area contributed by atoms with Crippen molar-refractivity contribution >= 4 is 16.7 Å². The summed E-state index contributed by atoms with van der Waals surface area (Å²) in [6.07, 6.45) is 9.97. The summed E-state index contributed by atoms with van der Waals surface area (Å²) in [6.45, 7) is 0. The molecule has 0 saturated heterocycles. The van der Waals surface area contributed by atoms with Crippen LogP contribution in [0.4, 0.5) is 10.1 Å². The van der Waals surface area contributed by atoms with Gasteiger partial charge in [0.25, 0.3) is 0 Å². The maximum atomic E-state index is 13.0. The fraction of sp³-hybridized carbons (Fsp3) is 0.286. The van der Waals surface area contributed by atoms with Gasteiger partial charge in [-0.2, -0.15) is 0 Å². The van der Waals surface area contributed by atoms with Crippen LogP contribution >= 0.6 is 0 Å². The molecule has 2 N–H and O–H groups in total. The van der Waals surface area contributed by atoms with E-state index in [1.54, 1.807) is 18.3 Å². The van der Waals surface area contributed by atoms with Crippen molar-refractivity contribution in [2.45, 2.75) is 38.1 Å². The van der Waals surface area contributed by atoms with Crippen molar-refractivity contribution in [2.24, 2.45) is 0 Å². The third-order valence-corrected chi connectivity index (χ3v) is 4.73. The molecule has 0 atom stereocenters. The molecule has 2 heterocycles. The molecule has 0 aliphatic heterocycles. The van der Waals surface area contributed by atoms with Crippen LogP contribution in [0.15, 0.2) is 42.7 Å². The quantitative estimate of drug-likeness (QED) is 0.658. The highest BCUT2D eigenvalue weighted by Crippen LogP contribution is 2.29. The second-order valence-corrected chi connectivity index (χ2v) is 6.52. The molecule has 0 unspecified atom stereocenters. The van der Waals surface area contributed by atoms with Crippen LogP contribution in [-0.2, 0) is 0 Å². The van der Waals surface area contributed by atoms with E-state index in [0.29, 0.717) is 6.04 Å². The summed E-state index contributed by atoms with van der Waals surface area (Å²) in [4.78, 5) is 7.63. The van der Waals surface area contributed by atoms with Gasteiger partial charge in [-0.25, -0.2) is 9.37 Å². The second kappa shape index (κ2) is 6.98. The molecule has 1 aliphatic carbocycles. The summed E-state index contributed by atoms with van der Waals surface area (Å²) in [5.74, 6) is 6.08. The minimum Gasteiger partial charge on any atom is -0.381 e. The van der Waals surface area contributed by atoms with Crippen LogP contribution in [0.25, 0.3) is 11.0 Å². The summed E-state index contributed by atoms with van der Waals surface area (Å²) in [5, 5.41) is 4.77. The molecule has 1 saturated carbocycles. The Morgan fingerprint density at radius 1 is 1.04 bits per heavy atom. The van der Waals surface area contributed by atoms with Crippen LogP contribution in [0.3, 0.4) is 0 Å². The predicted octanol–water partition coefficient (Wildman–Crippen LogP) is 4.85. The Bertz CT molecular complexity index is 925. The highest BCUT2D eigenvalue weighted by molar-refractivity contribution is 5.92. The van der Waals surface area contributed by atoms with Gasteiger partial charge in [-0.05, 0) is 43.2 Å². The van der Waals surface area contributed by atoms with Crippen molar-refractivity contribution in [3.63, 3.8) is 0 Å². The molecule has 1 aliphatic rings. The van der Waals surface area contributed by atoms with Gasteiger partial charge in [-0.3, -0.25) is 0 Å². The zero-order valence-corrected chi connectivity index (χ0v) is 14.0. The first-order valence-electron chi connectivity index (χ1n) is 8.80. The highest BCUT2D eigenvalue weighted by Gasteiger charge is 2.16. The Hall–Kier alpha value is -2.80. The number of rotatable bonds is 2. The van der Waals surface area contributed by atoms with Gasteiger partial charge in [-0.1, -0.05) is 31.1 Å². The summed E-state index contributed by atoms with van der Waals surface area (Å²) in [6, 6.07) is 8.77. The molecule has 4 heteroatoms. The topological polar surface area (TPSA) is 40.7 Å². The number of halogens is 1. The number of pyridine rings is 1. The number of nitrogens with one attached hydrogen (secondary N) is 2. The monoisotopic (exact) mass is 333 g/mol. The van der Waals surface area contributed by atoms with E-state index in [0.717, 1.165) is 27.8 Å². The number of aromatic amines is 1. The average molecular weight is 333 g/mol. The molecule has 0 amide bonds. The molecule has 0 radical (unpaired) electrons. The maximum Gasteiger partial charge on any atom is 0.139 e. The van der Waals surface area contributed by atoms with Gasteiger partial charge in [0.1, 0.15) is 11.5 Å². The Kier molecular flexibility index (Phi) is 4.39. The van der Waals surface area contributed by atoms with Crippen molar-refractivity contribution in [2.75, 3.05) is 5.32 Å². The van der Waals surface area contributed by atoms with E-state index in [2.05, 4.69) is 27.1 Å². The predicted molar refractivity (Wildman–Crippen MR) is 99.0 cm³/mol. The Labute approximate surface area is 146 Å². The molecule has 0 spiro atoms. The zero-order chi connectivity index (χ0) is 17.1. The van der Waals surface area contributed by atoms with E-state index in [9.17, 15) is 4.39 Å². The minimum absolute atomic E-state index is 0.249. The van der Waals surface area contributed by atoms with Crippen LogP contribution in [-0.4, -0.2) is 16.0 Å². The van der Waals surface area contributed by atoms with Gasteiger partial charge >= 0.3 is 0 Å². The average Bonchev–Trinajstić information content (AvgIpc) is 3.12. The van der Waals surface area contributed by atoms with Crippen molar-refractivity contribution in [1.82, 2.24) is 9.97 Å². The molecule has 2 aromatic heterocycles. The Morgan fingerprint density at radius 3 is 2.64 bits per heavy atom. The van der Waals surface area contributed by atoms with E-state index < -0.39 is 0 Å². The molecule has 1 fully saturated rings. The van der Waals surface area contributed by atoms with E-state index in [-0.39, 0.29) is 5.82 Å². The Balaban J connectivity index is 1.70. The molecule has 126 valence electrons. The molecular formula is C21H20FN3. The fourth-order valence-corrected chi connectivity index (χ4v) is 3.38. The van der Waals surface area contributed by atoms with Crippen molar-refractivity contribution in [1.29, 1.82) is 0 Å². The van der Waals surface area contributed by atoms with E-state index in [1.165, 1.54) is 44.2 Å². The molecule has 4 rings (SSSR count). The molecule has 25 heavy (non-hydrogen) atoms. The van der Waals surface area contributed by atoms with Crippen LogP contribution in [0.2, 0.25) is 0 Å². The van der Waals surface area contributed by atoms with Crippen molar-refractivity contribution in [3.8, 4) is 11.8 Å². The minimum atomic E-state index is -0.249. The standard InChI is InChI=1S/C21H20FN3/c22-17-10-7-15(8-11-17)6-9-16-14-24-21-19(12-13-23-21)20(16)25-18-4-2-1-3-5-18/h7-8,10-14,18H,1-5H2,(H2,23,24,25). The molecule has 1 aromatic carbocycles. The molecule has 3 nitrogen and oxygen atoms in total. The lowest BCUT2D eigenvalue weighted by molar-refractivity contribution is 0.463. The normalized spacial score (nSPS) is 14.9. The van der Waals surface area contributed by atoms with E-state index in [4.69, 9.17) is 0 Å². The van der Waals surface area contributed by atoms with Gasteiger partial charge in [0.15, 0.2) is 0 Å². The van der Waals surface area contributed by atoms with Crippen LogP contribution < -0.4 is 5.32 Å².